The summed E-state index contributed by atoms with van der Waals surface area (Å²) in [6, 6.07) is -0.0733. The molecule has 1 heterocycles. The highest BCUT2D eigenvalue weighted by molar-refractivity contribution is 8.01. The predicted octanol–water partition coefficient (Wildman–Crippen LogP) is 0.696. The minimum atomic E-state index is -3.23. The predicted molar refractivity (Wildman–Crippen MR) is 84.6 cm³/mol. The normalized spacial score (nSPS) is 39.7. The summed E-state index contributed by atoms with van der Waals surface area (Å²) in [5.41, 5.74) is 6.26. The van der Waals surface area contributed by atoms with Gasteiger partial charge in [-0.1, -0.05) is 6.92 Å². The summed E-state index contributed by atoms with van der Waals surface area (Å²) >= 11 is 1.62. The maximum Gasteiger partial charge on any atom is 0.228 e. The Kier molecular flexibility index (Phi) is 4.27. The Morgan fingerprint density at radius 1 is 1.33 bits per heavy atom. The van der Waals surface area contributed by atoms with Gasteiger partial charge in [-0.2, -0.15) is 11.8 Å². The molecule has 7 heteroatoms. The zero-order valence-electron chi connectivity index (χ0n) is 12.4. The first kappa shape index (κ1) is 15.6. The standard InChI is InChI=1S/C14H24N2O3S2/c1-2-21(18,19)11-8-20-6-5-16(11)14(17)12-9-3-4-10(7-9)13(12)15/h9-13H,2-8,15H2,1H3. The van der Waals surface area contributed by atoms with Gasteiger partial charge in [0.05, 0.1) is 5.92 Å². The molecule has 5 unspecified atom stereocenters. The molecule has 1 aliphatic heterocycles. The zero-order valence-corrected chi connectivity index (χ0v) is 14.0. The summed E-state index contributed by atoms with van der Waals surface area (Å²) in [6.45, 7) is 2.19. The smallest absolute Gasteiger partial charge is 0.228 e. The van der Waals surface area contributed by atoms with Gasteiger partial charge < -0.3 is 10.6 Å². The lowest BCUT2D eigenvalue weighted by Crippen LogP contribution is -2.55. The van der Waals surface area contributed by atoms with Crippen LogP contribution in [0.4, 0.5) is 0 Å². The van der Waals surface area contributed by atoms with Gasteiger partial charge in [-0.3, -0.25) is 4.79 Å². The summed E-state index contributed by atoms with van der Waals surface area (Å²) < 4.78 is 24.6. The van der Waals surface area contributed by atoms with Crippen LogP contribution in [0.25, 0.3) is 0 Å². The first-order chi connectivity index (χ1) is 9.95. The van der Waals surface area contributed by atoms with Crippen LogP contribution >= 0.6 is 11.8 Å². The molecule has 0 spiro atoms. The molecule has 3 fully saturated rings. The van der Waals surface area contributed by atoms with Gasteiger partial charge in [0.25, 0.3) is 0 Å². The Labute approximate surface area is 130 Å². The third-order valence-electron chi connectivity index (χ3n) is 5.45. The number of amides is 1. The van der Waals surface area contributed by atoms with Crippen molar-refractivity contribution in [3.05, 3.63) is 0 Å². The zero-order chi connectivity index (χ0) is 15.2. The van der Waals surface area contributed by atoms with Crippen LogP contribution in [0.5, 0.6) is 0 Å². The van der Waals surface area contributed by atoms with E-state index in [1.54, 1.807) is 23.6 Å². The number of rotatable bonds is 3. The van der Waals surface area contributed by atoms with Crippen molar-refractivity contribution in [2.75, 3.05) is 23.8 Å². The molecule has 0 radical (unpaired) electrons. The second kappa shape index (κ2) is 5.74. The summed E-state index contributed by atoms with van der Waals surface area (Å²) in [5, 5.41) is -0.653. The fourth-order valence-electron chi connectivity index (χ4n) is 4.22. The third kappa shape index (κ3) is 2.61. The second-order valence-corrected chi connectivity index (χ2v) is 10.0. The van der Waals surface area contributed by atoms with Gasteiger partial charge in [-0.15, -0.1) is 0 Å². The number of nitrogens with zero attached hydrogens (tertiary/aromatic N) is 1. The highest BCUT2D eigenvalue weighted by Gasteiger charge is 2.51. The molecule has 2 saturated carbocycles. The molecule has 21 heavy (non-hydrogen) atoms. The molecule has 0 aromatic rings. The Morgan fingerprint density at radius 2 is 2.05 bits per heavy atom. The lowest BCUT2D eigenvalue weighted by Gasteiger charge is -2.39. The molecule has 3 aliphatic rings. The maximum absolute atomic E-state index is 12.9. The Balaban J connectivity index is 1.82. The molecule has 2 N–H and O–H groups in total. The van der Waals surface area contributed by atoms with E-state index in [1.807, 2.05) is 0 Å². The van der Waals surface area contributed by atoms with E-state index < -0.39 is 15.2 Å². The van der Waals surface area contributed by atoms with Crippen molar-refractivity contribution in [2.24, 2.45) is 23.5 Å². The van der Waals surface area contributed by atoms with Crippen molar-refractivity contribution in [3.8, 4) is 0 Å². The molecule has 1 amide bonds. The van der Waals surface area contributed by atoms with Crippen LogP contribution in [-0.4, -0.2) is 54.4 Å². The Bertz CT molecular complexity index is 520. The Hall–Kier alpha value is -0.270. The summed E-state index contributed by atoms with van der Waals surface area (Å²) in [5.74, 6) is 2.08. The number of thioether (sulfide) groups is 1. The molecule has 0 aromatic heterocycles. The molecular weight excluding hydrogens is 308 g/mol. The highest BCUT2D eigenvalue weighted by Crippen LogP contribution is 2.48. The van der Waals surface area contributed by atoms with Crippen LogP contribution < -0.4 is 5.73 Å². The van der Waals surface area contributed by atoms with Gasteiger partial charge in [0, 0.05) is 29.8 Å². The highest BCUT2D eigenvalue weighted by atomic mass is 32.2. The van der Waals surface area contributed by atoms with Crippen LogP contribution in [0.1, 0.15) is 26.2 Å². The molecule has 2 aliphatic carbocycles. The van der Waals surface area contributed by atoms with Crippen molar-refractivity contribution in [2.45, 2.75) is 37.6 Å². The van der Waals surface area contributed by atoms with Crippen LogP contribution in [0.2, 0.25) is 0 Å². The van der Waals surface area contributed by atoms with Gasteiger partial charge in [-0.05, 0) is 31.1 Å². The van der Waals surface area contributed by atoms with Gasteiger partial charge in [0.15, 0.2) is 9.84 Å². The molecular formula is C14H24N2O3S2. The van der Waals surface area contributed by atoms with Gasteiger partial charge >= 0.3 is 0 Å². The maximum atomic E-state index is 12.9. The number of hydrogen-bond donors (Lipinski definition) is 1. The van der Waals surface area contributed by atoms with E-state index in [4.69, 9.17) is 5.73 Å². The average Bonchev–Trinajstić information content (AvgIpc) is 3.07. The van der Waals surface area contributed by atoms with Crippen LogP contribution in [0.3, 0.4) is 0 Å². The molecule has 2 bridgehead atoms. The van der Waals surface area contributed by atoms with Crippen LogP contribution in [0.15, 0.2) is 0 Å². The first-order valence-electron chi connectivity index (χ1n) is 7.81. The van der Waals surface area contributed by atoms with E-state index in [1.165, 1.54) is 0 Å². The van der Waals surface area contributed by atoms with Crippen molar-refractivity contribution < 1.29 is 13.2 Å². The number of nitrogens with two attached hydrogens (primary N) is 1. The van der Waals surface area contributed by atoms with Crippen LogP contribution in [0, 0.1) is 17.8 Å². The number of sulfone groups is 1. The second-order valence-electron chi connectivity index (χ2n) is 6.45. The third-order valence-corrected chi connectivity index (χ3v) is 8.74. The van der Waals surface area contributed by atoms with E-state index in [0.29, 0.717) is 24.1 Å². The molecule has 120 valence electrons. The average molecular weight is 332 g/mol. The van der Waals surface area contributed by atoms with E-state index in [2.05, 4.69) is 0 Å². The number of carbonyl (C=O) groups is 1. The molecule has 5 nitrogen and oxygen atoms in total. The fourth-order valence-corrected chi connectivity index (χ4v) is 7.19. The molecule has 1 saturated heterocycles. The van der Waals surface area contributed by atoms with Crippen molar-refractivity contribution in [1.82, 2.24) is 4.90 Å². The fraction of sp³-hybridized carbons (Fsp3) is 0.929. The van der Waals surface area contributed by atoms with Crippen molar-refractivity contribution >= 4 is 27.5 Å². The molecule has 5 atom stereocenters. The topological polar surface area (TPSA) is 80.5 Å². The minimum absolute atomic E-state index is 0.00275. The lowest BCUT2D eigenvalue weighted by molar-refractivity contribution is -0.138. The van der Waals surface area contributed by atoms with Gasteiger partial charge in [0.1, 0.15) is 5.37 Å². The SMILES string of the molecule is CCS(=O)(=O)C1CSCCN1C(=O)C1C2CCC(C2)C1N. The number of carbonyl (C=O) groups excluding carboxylic acids is 1. The monoisotopic (exact) mass is 332 g/mol. The van der Waals surface area contributed by atoms with E-state index in [-0.39, 0.29) is 23.6 Å². The first-order valence-corrected chi connectivity index (χ1v) is 10.7. The van der Waals surface area contributed by atoms with E-state index in [0.717, 1.165) is 25.0 Å². The van der Waals surface area contributed by atoms with Crippen molar-refractivity contribution in [1.29, 1.82) is 0 Å². The summed E-state index contributed by atoms with van der Waals surface area (Å²) in [7, 11) is -3.23. The van der Waals surface area contributed by atoms with E-state index in [9.17, 15) is 13.2 Å². The van der Waals surface area contributed by atoms with Gasteiger partial charge in [-0.25, -0.2) is 8.42 Å². The van der Waals surface area contributed by atoms with Crippen molar-refractivity contribution in [3.63, 3.8) is 0 Å². The van der Waals surface area contributed by atoms with Gasteiger partial charge in [0.2, 0.25) is 5.91 Å². The Morgan fingerprint density at radius 3 is 2.67 bits per heavy atom. The minimum Gasteiger partial charge on any atom is -0.327 e. The van der Waals surface area contributed by atoms with E-state index >= 15 is 0 Å². The number of fused-ring (bicyclic) bond motifs is 2. The number of hydrogen-bond acceptors (Lipinski definition) is 5. The molecule has 3 rings (SSSR count). The lowest BCUT2D eigenvalue weighted by atomic mass is 9.84. The quantitative estimate of drug-likeness (QED) is 0.823. The largest absolute Gasteiger partial charge is 0.327 e. The van der Waals surface area contributed by atoms with Crippen LogP contribution in [-0.2, 0) is 14.6 Å². The summed E-state index contributed by atoms with van der Waals surface area (Å²) in [6.07, 6.45) is 3.25. The summed E-state index contributed by atoms with van der Waals surface area (Å²) in [4.78, 5) is 14.6. The molecule has 0 aromatic carbocycles.